The maximum absolute atomic E-state index is 10.1. The van der Waals surface area contributed by atoms with Crippen LogP contribution < -0.4 is 0 Å². The van der Waals surface area contributed by atoms with Crippen molar-refractivity contribution in [3.05, 3.63) is 12.2 Å². The van der Waals surface area contributed by atoms with Gasteiger partial charge in [-0.25, -0.2) is 4.89 Å². The summed E-state index contributed by atoms with van der Waals surface area (Å²) in [4.78, 5) is 4.34. The van der Waals surface area contributed by atoms with Gasteiger partial charge in [0.25, 0.3) is 0 Å². The van der Waals surface area contributed by atoms with Crippen LogP contribution >= 0.6 is 0 Å². The SMILES string of the molecule is CC1C=CC(O)(C(C)C)CC1OO. The Morgan fingerprint density at radius 3 is 2.62 bits per heavy atom. The molecule has 3 nitrogen and oxygen atoms in total. The van der Waals surface area contributed by atoms with Crippen molar-refractivity contribution in [2.45, 2.75) is 38.9 Å². The van der Waals surface area contributed by atoms with Crippen molar-refractivity contribution in [3.63, 3.8) is 0 Å². The molecule has 1 aliphatic rings. The fourth-order valence-corrected chi connectivity index (χ4v) is 1.58. The van der Waals surface area contributed by atoms with E-state index in [9.17, 15) is 5.11 Å². The number of aliphatic hydroxyl groups is 1. The van der Waals surface area contributed by atoms with Crippen molar-refractivity contribution in [2.24, 2.45) is 11.8 Å². The van der Waals surface area contributed by atoms with Crippen LogP contribution in [0.15, 0.2) is 12.2 Å². The van der Waals surface area contributed by atoms with Gasteiger partial charge in [-0.3, -0.25) is 5.26 Å². The Morgan fingerprint density at radius 2 is 2.15 bits per heavy atom. The molecule has 0 aromatic carbocycles. The Labute approximate surface area is 79.0 Å². The third-order valence-electron chi connectivity index (χ3n) is 2.94. The van der Waals surface area contributed by atoms with Crippen molar-refractivity contribution >= 4 is 0 Å². The molecule has 0 aliphatic heterocycles. The largest absolute Gasteiger partial charge is 0.385 e. The first kappa shape index (κ1) is 10.7. The van der Waals surface area contributed by atoms with Gasteiger partial charge in [-0.15, -0.1) is 0 Å². The van der Waals surface area contributed by atoms with Crippen molar-refractivity contribution in [3.8, 4) is 0 Å². The van der Waals surface area contributed by atoms with E-state index in [0.717, 1.165) is 0 Å². The maximum Gasteiger partial charge on any atom is 0.102 e. The molecule has 13 heavy (non-hydrogen) atoms. The lowest BCUT2D eigenvalue weighted by Crippen LogP contribution is -2.42. The monoisotopic (exact) mass is 186 g/mol. The van der Waals surface area contributed by atoms with Gasteiger partial charge in [-0.2, -0.15) is 0 Å². The Kier molecular flexibility index (Phi) is 3.11. The molecular formula is C10H18O3. The van der Waals surface area contributed by atoms with Crippen molar-refractivity contribution in [1.29, 1.82) is 0 Å². The van der Waals surface area contributed by atoms with Crippen LogP contribution in [0.2, 0.25) is 0 Å². The van der Waals surface area contributed by atoms with Gasteiger partial charge in [0.15, 0.2) is 0 Å². The smallest absolute Gasteiger partial charge is 0.102 e. The highest BCUT2D eigenvalue weighted by molar-refractivity contribution is 5.11. The summed E-state index contributed by atoms with van der Waals surface area (Å²) in [6.07, 6.45) is 3.87. The Balaban J connectivity index is 2.78. The molecule has 76 valence electrons. The van der Waals surface area contributed by atoms with Crippen LogP contribution in [0.5, 0.6) is 0 Å². The molecule has 0 aromatic rings. The first-order valence-electron chi connectivity index (χ1n) is 4.71. The van der Waals surface area contributed by atoms with Gasteiger partial charge in [-0.05, 0) is 5.92 Å². The van der Waals surface area contributed by atoms with E-state index >= 15 is 0 Å². The van der Waals surface area contributed by atoms with E-state index in [1.165, 1.54) is 0 Å². The van der Waals surface area contributed by atoms with E-state index in [2.05, 4.69) is 4.89 Å². The fourth-order valence-electron chi connectivity index (χ4n) is 1.58. The molecule has 0 bridgehead atoms. The fraction of sp³-hybridized carbons (Fsp3) is 0.800. The molecule has 0 amide bonds. The molecule has 1 aliphatic carbocycles. The summed E-state index contributed by atoms with van der Waals surface area (Å²) in [5.41, 5.74) is -0.833. The number of hydrogen-bond donors (Lipinski definition) is 2. The molecule has 0 fully saturated rings. The number of hydrogen-bond acceptors (Lipinski definition) is 3. The van der Waals surface area contributed by atoms with Crippen LogP contribution in [-0.4, -0.2) is 22.1 Å². The summed E-state index contributed by atoms with van der Waals surface area (Å²) in [5, 5.41) is 18.7. The summed E-state index contributed by atoms with van der Waals surface area (Å²) in [6, 6.07) is 0. The molecule has 3 atom stereocenters. The highest BCUT2D eigenvalue weighted by atomic mass is 17.1. The molecule has 0 heterocycles. The zero-order chi connectivity index (χ0) is 10.1. The van der Waals surface area contributed by atoms with Gasteiger partial charge in [0.1, 0.15) is 6.10 Å². The molecule has 0 saturated carbocycles. The second kappa shape index (κ2) is 3.78. The van der Waals surface area contributed by atoms with Gasteiger partial charge in [-0.1, -0.05) is 32.9 Å². The molecule has 3 heteroatoms. The molecular weight excluding hydrogens is 168 g/mol. The minimum atomic E-state index is -0.833. The van der Waals surface area contributed by atoms with Gasteiger partial charge in [0.05, 0.1) is 5.60 Å². The topological polar surface area (TPSA) is 49.7 Å². The van der Waals surface area contributed by atoms with E-state index in [1.807, 2.05) is 32.9 Å². The van der Waals surface area contributed by atoms with Gasteiger partial charge in [0, 0.05) is 12.3 Å². The van der Waals surface area contributed by atoms with E-state index in [0.29, 0.717) is 6.42 Å². The highest BCUT2D eigenvalue weighted by Crippen LogP contribution is 2.32. The predicted molar refractivity (Wildman–Crippen MR) is 50.2 cm³/mol. The average Bonchev–Trinajstić information content (AvgIpc) is 2.09. The molecule has 0 saturated heterocycles. The molecule has 0 radical (unpaired) electrons. The van der Waals surface area contributed by atoms with Crippen LogP contribution in [-0.2, 0) is 4.89 Å². The lowest BCUT2D eigenvalue weighted by molar-refractivity contribution is -0.295. The first-order chi connectivity index (χ1) is 5.99. The zero-order valence-corrected chi connectivity index (χ0v) is 8.40. The number of rotatable bonds is 2. The summed E-state index contributed by atoms with van der Waals surface area (Å²) in [7, 11) is 0. The summed E-state index contributed by atoms with van der Waals surface area (Å²) in [6.45, 7) is 5.86. The summed E-state index contributed by atoms with van der Waals surface area (Å²) in [5.74, 6) is 0.290. The average molecular weight is 186 g/mol. The zero-order valence-electron chi connectivity index (χ0n) is 8.40. The summed E-state index contributed by atoms with van der Waals surface area (Å²) >= 11 is 0. The molecule has 2 N–H and O–H groups in total. The molecule has 3 unspecified atom stereocenters. The standard InChI is InChI=1S/C10H18O3/c1-7(2)10(11)5-4-8(3)9(6-10)13-12/h4-5,7-9,11-12H,6H2,1-3H3. The molecule has 1 rings (SSSR count). The van der Waals surface area contributed by atoms with Crippen LogP contribution in [0.4, 0.5) is 0 Å². The molecule has 0 spiro atoms. The van der Waals surface area contributed by atoms with E-state index < -0.39 is 5.60 Å². The van der Waals surface area contributed by atoms with E-state index in [-0.39, 0.29) is 17.9 Å². The minimum absolute atomic E-state index is 0.133. The van der Waals surface area contributed by atoms with Crippen molar-refractivity contribution in [2.75, 3.05) is 0 Å². The Morgan fingerprint density at radius 1 is 1.54 bits per heavy atom. The lowest BCUT2D eigenvalue weighted by atomic mass is 9.77. The second-order valence-electron chi connectivity index (χ2n) is 4.21. The van der Waals surface area contributed by atoms with Crippen LogP contribution in [0, 0.1) is 11.8 Å². The highest BCUT2D eigenvalue weighted by Gasteiger charge is 2.37. The van der Waals surface area contributed by atoms with E-state index in [1.54, 1.807) is 0 Å². The van der Waals surface area contributed by atoms with Gasteiger partial charge < -0.3 is 5.11 Å². The Bertz CT molecular complexity index is 200. The van der Waals surface area contributed by atoms with Crippen LogP contribution in [0.1, 0.15) is 27.2 Å². The van der Waals surface area contributed by atoms with E-state index in [4.69, 9.17) is 5.26 Å². The molecule has 0 aromatic heterocycles. The third kappa shape index (κ3) is 2.10. The lowest BCUT2D eigenvalue weighted by Gasteiger charge is -2.36. The minimum Gasteiger partial charge on any atom is -0.385 e. The van der Waals surface area contributed by atoms with Crippen molar-refractivity contribution in [1.82, 2.24) is 0 Å². The van der Waals surface area contributed by atoms with Crippen LogP contribution in [0.3, 0.4) is 0 Å². The van der Waals surface area contributed by atoms with Crippen LogP contribution in [0.25, 0.3) is 0 Å². The van der Waals surface area contributed by atoms with Crippen molar-refractivity contribution < 1.29 is 15.3 Å². The predicted octanol–water partition coefficient (Wildman–Crippen LogP) is 1.83. The second-order valence-corrected chi connectivity index (χ2v) is 4.21. The van der Waals surface area contributed by atoms with Gasteiger partial charge >= 0.3 is 0 Å². The normalized spacial score (nSPS) is 39.8. The Hall–Kier alpha value is -0.380. The first-order valence-corrected chi connectivity index (χ1v) is 4.71. The van der Waals surface area contributed by atoms with Gasteiger partial charge in [0.2, 0.25) is 0 Å². The maximum atomic E-state index is 10.1. The quantitative estimate of drug-likeness (QED) is 0.393. The summed E-state index contributed by atoms with van der Waals surface area (Å²) < 4.78 is 0. The third-order valence-corrected chi connectivity index (χ3v) is 2.94.